The monoisotopic (exact) mass is 235 g/mol. The molecule has 88 valence electrons. The molecule has 0 fully saturated rings. The fraction of sp³-hybridized carbons (Fsp3) is 0.100. The van der Waals surface area contributed by atoms with Crippen LogP contribution in [0.4, 0.5) is 4.39 Å². The summed E-state index contributed by atoms with van der Waals surface area (Å²) in [6.07, 6.45) is 1.46. The molecule has 0 radical (unpaired) electrons. The number of benzene rings is 1. The number of rotatable bonds is 3. The average Bonchev–Trinajstić information content (AvgIpc) is 2.80. The molecule has 0 atom stereocenters. The summed E-state index contributed by atoms with van der Waals surface area (Å²) in [6.45, 7) is 0.436. The van der Waals surface area contributed by atoms with Crippen LogP contribution in [0.3, 0.4) is 0 Å². The molecule has 0 unspecified atom stereocenters. The first-order chi connectivity index (χ1) is 8.19. The zero-order valence-electron chi connectivity index (χ0n) is 8.79. The van der Waals surface area contributed by atoms with E-state index in [-0.39, 0.29) is 17.5 Å². The predicted molar refractivity (Wildman–Crippen MR) is 58.0 cm³/mol. The van der Waals surface area contributed by atoms with Crippen molar-refractivity contribution in [2.75, 3.05) is 0 Å². The van der Waals surface area contributed by atoms with E-state index in [1.165, 1.54) is 23.1 Å². The highest BCUT2D eigenvalue weighted by Gasteiger charge is 2.05. The predicted octanol–water partition coefficient (Wildman–Crippen LogP) is 0.560. The number of aromatic nitrogens is 3. The zero-order chi connectivity index (χ0) is 12.3. The molecule has 1 aromatic heterocycles. The minimum absolute atomic E-state index is 0.148. The third-order valence-corrected chi connectivity index (χ3v) is 2.13. The molecule has 1 heterocycles. The summed E-state index contributed by atoms with van der Waals surface area (Å²) in [6, 6.07) is 6.05. The topological polar surface area (TPSA) is 89.3 Å². The normalized spacial score (nSPS) is 11.7. The van der Waals surface area contributed by atoms with Crippen LogP contribution < -0.4 is 5.73 Å². The molecule has 0 spiro atoms. The number of halogens is 1. The summed E-state index contributed by atoms with van der Waals surface area (Å²) in [4.78, 5) is 3.86. The van der Waals surface area contributed by atoms with Gasteiger partial charge in [0, 0.05) is 0 Å². The first-order valence-electron chi connectivity index (χ1n) is 4.81. The summed E-state index contributed by atoms with van der Waals surface area (Å²) in [7, 11) is 0. The van der Waals surface area contributed by atoms with E-state index < -0.39 is 0 Å². The zero-order valence-corrected chi connectivity index (χ0v) is 8.79. The lowest BCUT2D eigenvalue weighted by Gasteiger charge is -2.00. The van der Waals surface area contributed by atoms with E-state index >= 15 is 0 Å². The lowest BCUT2D eigenvalue weighted by molar-refractivity contribution is 0.318. The maximum absolute atomic E-state index is 12.7. The van der Waals surface area contributed by atoms with Crippen molar-refractivity contribution in [1.82, 2.24) is 14.8 Å². The van der Waals surface area contributed by atoms with Crippen LogP contribution in [-0.2, 0) is 6.54 Å². The molecule has 0 saturated heterocycles. The van der Waals surface area contributed by atoms with Crippen LogP contribution in [0, 0.1) is 5.82 Å². The Hall–Kier alpha value is -2.44. The van der Waals surface area contributed by atoms with Gasteiger partial charge in [-0.05, 0) is 17.7 Å². The minimum atomic E-state index is -0.287. The van der Waals surface area contributed by atoms with Crippen LogP contribution in [0.2, 0.25) is 0 Å². The van der Waals surface area contributed by atoms with Crippen LogP contribution >= 0.6 is 0 Å². The van der Waals surface area contributed by atoms with Gasteiger partial charge in [0.1, 0.15) is 12.1 Å². The molecule has 7 heteroatoms. The molecule has 17 heavy (non-hydrogen) atoms. The second-order valence-corrected chi connectivity index (χ2v) is 3.38. The Bertz CT molecular complexity index is 534. The molecule has 0 aliphatic heterocycles. The molecule has 3 N–H and O–H groups in total. The molecule has 0 saturated carbocycles. The van der Waals surface area contributed by atoms with Crippen molar-refractivity contribution in [3.05, 3.63) is 47.8 Å². The smallest absolute Gasteiger partial charge is 0.219 e. The Morgan fingerprint density at radius 2 is 2.12 bits per heavy atom. The molecule has 1 aromatic carbocycles. The van der Waals surface area contributed by atoms with E-state index in [2.05, 4.69) is 15.2 Å². The van der Waals surface area contributed by atoms with Gasteiger partial charge in [0.2, 0.25) is 11.7 Å². The lowest BCUT2D eigenvalue weighted by Crippen LogP contribution is -2.15. The minimum Gasteiger partial charge on any atom is -0.409 e. The van der Waals surface area contributed by atoms with Gasteiger partial charge in [0.15, 0.2) is 0 Å². The van der Waals surface area contributed by atoms with Gasteiger partial charge in [-0.25, -0.2) is 14.1 Å². The summed E-state index contributed by atoms with van der Waals surface area (Å²) in [5, 5.41) is 15.2. The first kappa shape index (κ1) is 11.1. The van der Waals surface area contributed by atoms with Crippen LogP contribution in [0.1, 0.15) is 11.4 Å². The Kier molecular flexibility index (Phi) is 2.99. The average molecular weight is 235 g/mol. The summed E-state index contributed by atoms with van der Waals surface area (Å²) in [5.74, 6) is -0.290. The van der Waals surface area contributed by atoms with Gasteiger partial charge in [-0.2, -0.15) is 0 Å². The Morgan fingerprint density at radius 1 is 1.41 bits per heavy atom. The van der Waals surface area contributed by atoms with E-state index in [9.17, 15) is 4.39 Å². The van der Waals surface area contributed by atoms with E-state index in [0.717, 1.165) is 5.56 Å². The van der Waals surface area contributed by atoms with Gasteiger partial charge in [-0.3, -0.25) is 0 Å². The van der Waals surface area contributed by atoms with Crippen molar-refractivity contribution < 1.29 is 9.60 Å². The fourth-order valence-corrected chi connectivity index (χ4v) is 1.31. The number of nitrogens with zero attached hydrogens (tertiary/aromatic N) is 4. The number of hydrogen-bond donors (Lipinski definition) is 2. The molecule has 0 aliphatic carbocycles. The summed E-state index contributed by atoms with van der Waals surface area (Å²) < 4.78 is 14.2. The number of hydrogen-bond acceptors (Lipinski definition) is 4. The van der Waals surface area contributed by atoms with Crippen molar-refractivity contribution >= 4 is 5.84 Å². The molecular weight excluding hydrogens is 225 g/mol. The number of nitrogens with two attached hydrogens (primary N) is 1. The summed E-state index contributed by atoms with van der Waals surface area (Å²) in [5.41, 5.74) is 6.21. The number of amidine groups is 1. The summed E-state index contributed by atoms with van der Waals surface area (Å²) >= 11 is 0. The van der Waals surface area contributed by atoms with Crippen molar-refractivity contribution in [2.45, 2.75) is 6.54 Å². The van der Waals surface area contributed by atoms with Gasteiger partial charge >= 0.3 is 0 Å². The number of oxime groups is 1. The third-order valence-electron chi connectivity index (χ3n) is 2.13. The molecule has 0 bridgehead atoms. The first-order valence-corrected chi connectivity index (χ1v) is 4.81. The van der Waals surface area contributed by atoms with Crippen molar-refractivity contribution in [3.8, 4) is 0 Å². The Labute approximate surface area is 96.2 Å². The van der Waals surface area contributed by atoms with E-state index in [0.29, 0.717) is 6.54 Å². The van der Waals surface area contributed by atoms with Gasteiger partial charge in [0.25, 0.3) is 0 Å². The second kappa shape index (κ2) is 4.60. The largest absolute Gasteiger partial charge is 0.409 e. The highest BCUT2D eigenvalue weighted by molar-refractivity contribution is 5.93. The maximum atomic E-state index is 12.7. The van der Waals surface area contributed by atoms with E-state index in [1.54, 1.807) is 12.1 Å². The van der Waals surface area contributed by atoms with E-state index in [4.69, 9.17) is 10.9 Å². The molecule has 6 nitrogen and oxygen atoms in total. The lowest BCUT2D eigenvalue weighted by atomic mass is 10.2. The Balaban J connectivity index is 2.14. The highest BCUT2D eigenvalue weighted by Crippen LogP contribution is 2.04. The van der Waals surface area contributed by atoms with Crippen LogP contribution in [0.25, 0.3) is 0 Å². The van der Waals surface area contributed by atoms with E-state index in [1.807, 2.05) is 0 Å². The van der Waals surface area contributed by atoms with Gasteiger partial charge < -0.3 is 10.9 Å². The van der Waals surface area contributed by atoms with Gasteiger partial charge in [-0.15, -0.1) is 5.10 Å². The van der Waals surface area contributed by atoms with Crippen molar-refractivity contribution in [2.24, 2.45) is 10.9 Å². The Morgan fingerprint density at radius 3 is 2.76 bits per heavy atom. The molecule has 0 aliphatic rings. The molecular formula is C10H10FN5O. The van der Waals surface area contributed by atoms with Gasteiger partial charge in [-0.1, -0.05) is 17.3 Å². The van der Waals surface area contributed by atoms with Crippen molar-refractivity contribution in [1.29, 1.82) is 0 Å². The van der Waals surface area contributed by atoms with Gasteiger partial charge in [0.05, 0.1) is 6.54 Å². The molecule has 2 aromatic rings. The maximum Gasteiger partial charge on any atom is 0.219 e. The standard InChI is InChI=1S/C10H10FN5O/c11-8-3-1-7(2-4-8)5-16-6-13-10(14-16)9(12)15-17/h1-4,6,17H,5H2,(H2,12,15). The molecule has 2 rings (SSSR count). The SMILES string of the molecule is NC(=NO)c1ncn(Cc2ccc(F)cc2)n1. The second-order valence-electron chi connectivity index (χ2n) is 3.38. The van der Waals surface area contributed by atoms with Crippen LogP contribution in [-0.4, -0.2) is 25.8 Å². The van der Waals surface area contributed by atoms with Crippen LogP contribution in [0.5, 0.6) is 0 Å². The fourth-order valence-electron chi connectivity index (χ4n) is 1.31. The quantitative estimate of drug-likeness (QED) is 0.352. The van der Waals surface area contributed by atoms with Crippen molar-refractivity contribution in [3.63, 3.8) is 0 Å². The van der Waals surface area contributed by atoms with Crippen LogP contribution in [0.15, 0.2) is 35.7 Å². The highest BCUT2D eigenvalue weighted by atomic mass is 19.1. The molecule has 0 amide bonds. The third kappa shape index (κ3) is 2.57.